The fourth-order valence-electron chi connectivity index (χ4n) is 2.25. The number of benzene rings is 1. The summed E-state index contributed by atoms with van der Waals surface area (Å²) in [4.78, 5) is 23.3. The molecule has 0 aliphatic rings. The van der Waals surface area contributed by atoms with Crippen molar-refractivity contribution < 1.29 is 14.3 Å². The number of fused-ring (bicyclic) bond motifs is 1. The highest BCUT2D eigenvalue weighted by molar-refractivity contribution is 6.31. The second-order valence-corrected chi connectivity index (χ2v) is 5.27. The van der Waals surface area contributed by atoms with E-state index in [-0.39, 0.29) is 16.0 Å². The van der Waals surface area contributed by atoms with Crippen LogP contribution in [0.4, 0.5) is 4.39 Å². The van der Waals surface area contributed by atoms with E-state index in [0.29, 0.717) is 12.1 Å². The van der Waals surface area contributed by atoms with Crippen molar-refractivity contribution in [1.82, 2.24) is 4.57 Å². The zero-order valence-corrected chi connectivity index (χ0v) is 12.3. The monoisotopic (exact) mass is 311 g/mol. The maximum Gasteiger partial charge on any atom is 0.341 e. The van der Waals surface area contributed by atoms with Crippen molar-refractivity contribution in [2.75, 3.05) is 0 Å². The first-order valence-corrected chi connectivity index (χ1v) is 7.09. The normalized spacial score (nSPS) is 11.0. The molecule has 1 N–H and O–H groups in total. The van der Waals surface area contributed by atoms with Crippen LogP contribution in [0.1, 0.15) is 36.5 Å². The van der Waals surface area contributed by atoms with E-state index >= 15 is 0 Å². The molecular weight excluding hydrogens is 297 g/mol. The summed E-state index contributed by atoms with van der Waals surface area (Å²) in [6.45, 7) is 2.60. The lowest BCUT2D eigenvalue weighted by Gasteiger charge is -2.12. The molecule has 0 aliphatic heterocycles. The lowest BCUT2D eigenvalue weighted by molar-refractivity contribution is 0.0695. The molecule has 21 heavy (non-hydrogen) atoms. The summed E-state index contributed by atoms with van der Waals surface area (Å²) in [6, 6.07) is 2.37. The number of rotatable bonds is 5. The number of aromatic nitrogens is 1. The molecule has 0 atom stereocenters. The molecule has 1 aromatic heterocycles. The van der Waals surface area contributed by atoms with Crippen LogP contribution in [0.25, 0.3) is 10.9 Å². The van der Waals surface area contributed by atoms with Crippen LogP contribution in [-0.4, -0.2) is 15.6 Å². The van der Waals surface area contributed by atoms with E-state index in [1.54, 1.807) is 4.57 Å². The first kappa shape index (κ1) is 15.5. The highest BCUT2D eigenvalue weighted by Crippen LogP contribution is 2.22. The van der Waals surface area contributed by atoms with Gasteiger partial charge in [0.25, 0.3) is 0 Å². The Morgan fingerprint density at radius 3 is 2.71 bits per heavy atom. The lowest BCUT2D eigenvalue weighted by Crippen LogP contribution is -2.19. The number of unbranched alkanes of at least 4 members (excludes halogenated alkanes) is 2. The number of aromatic carboxylic acids is 1. The number of carbonyl (C=O) groups is 1. The minimum Gasteiger partial charge on any atom is -0.477 e. The number of aryl methyl sites for hydroxylation is 1. The molecular formula is C15H15ClFNO3. The number of carboxylic acid groups (broad SMARTS) is 1. The van der Waals surface area contributed by atoms with Crippen molar-refractivity contribution in [3.05, 3.63) is 45.0 Å². The molecule has 0 unspecified atom stereocenters. The van der Waals surface area contributed by atoms with Gasteiger partial charge in [-0.05, 0) is 18.6 Å². The molecule has 0 saturated heterocycles. The lowest BCUT2D eigenvalue weighted by atomic mass is 10.1. The molecule has 1 heterocycles. The first-order valence-electron chi connectivity index (χ1n) is 6.71. The van der Waals surface area contributed by atoms with Crippen molar-refractivity contribution in [2.45, 2.75) is 32.7 Å². The second-order valence-electron chi connectivity index (χ2n) is 4.86. The predicted octanol–water partition coefficient (Wildman–Crippen LogP) is 3.68. The van der Waals surface area contributed by atoms with Crippen molar-refractivity contribution in [3.8, 4) is 0 Å². The van der Waals surface area contributed by atoms with Crippen molar-refractivity contribution in [2.24, 2.45) is 0 Å². The molecule has 0 aliphatic carbocycles. The standard InChI is InChI=1S/C15H15ClFNO3/c1-2-3-4-5-18-8-10(15(20)21)14(19)9-6-12(17)11(16)7-13(9)18/h6-8H,2-5H2,1H3,(H,20,21). The van der Waals surface area contributed by atoms with Gasteiger partial charge in [-0.15, -0.1) is 0 Å². The number of pyridine rings is 1. The first-order chi connectivity index (χ1) is 9.95. The number of nitrogens with zero attached hydrogens (tertiary/aromatic N) is 1. The van der Waals surface area contributed by atoms with Crippen LogP contribution in [0.5, 0.6) is 0 Å². The summed E-state index contributed by atoms with van der Waals surface area (Å²) >= 11 is 5.77. The zero-order valence-electron chi connectivity index (χ0n) is 11.5. The quantitative estimate of drug-likeness (QED) is 0.857. The summed E-state index contributed by atoms with van der Waals surface area (Å²) < 4.78 is 15.2. The Morgan fingerprint density at radius 1 is 1.38 bits per heavy atom. The van der Waals surface area contributed by atoms with Crippen molar-refractivity contribution in [1.29, 1.82) is 0 Å². The molecule has 2 aromatic rings. The van der Waals surface area contributed by atoms with Gasteiger partial charge in [0.05, 0.1) is 10.5 Å². The van der Waals surface area contributed by atoms with Crippen LogP contribution in [-0.2, 0) is 6.54 Å². The maximum absolute atomic E-state index is 13.6. The minimum absolute atomic E-state index is 0.0355. The van der Waals surface area contributed by atoms with Gasteiger partial charge in [0.1, 0.15) is 11.4 Å². The third-order valence-corrected chi connectivity index (χ3v) is 3.64. The number of halogens is 2. The fraction of sp³-hybridized carbons (Fsp3) is 0.333. The molecule has 0 radical (unpaired) electrons. The molecule has 112 valence electrons. The van der Waals surface area contributed by atoms with Gasteiger partial charge in [0, 0.05) is 18.1 Å². The smallest absolute Gasteiger partial charge is 0.341 e. The van der Waals surface area contributed by atoms with E-state index in [2.05, 4.69) is 6.92 Å². The van der Waals surface area contributed by atoms with Gasteiger partial charge in [-0.1, -0.05) is 31.4 Å². The van der Waals surface area contributed by atoms with Gasteiger partial charge >= 0.3 is 5.97 Å². The Kier molecular flexibility index (Phi) is 4.63. The highest BCUT2D eigenvalue weighted by Gasteiger charge is 2.16. The van der Waals surface area contributed by atoms with Crippen molar-refractivity contribution >= 4 is 28.5 Å². The molecule has 0 bridgehead atoms. The SMILES string of the molecule is CCCCCn1cc(C(=O)O)c(=O)c2cc(F)c(Cl)cc21. The van der Waals surface area contributed by atoms with Crippen LogP contribution >= 0.6 is 11.6 Å². The van der Waals surface area contributed by atoms with Crippen LogP contribution in [0.2, 0.25) is 5.02 Å². The Hall–Kier alpha value is -1.88. The molecule has 2 rings (SSSR count). The van der Waals surface area contributed by atoms with E-state index in [9.17, 15) is 14.0 Å². The summed E-state index contributed by atoms with van der Waals surface area (Å²) in [5.41, 5.74) is -0.604. The minimum atomic E-state index is -1.32. The third kappa shape index (κ3) is 3.08. The van der Waals surface area contributed by atoms with Gasteiger partial charge in [0.15, 0.2) is 0 Å². The molecule has 6 heteroatoms. The van der Waals surface area contributed by atoms with Crippen LogP contribution in [0.15, 0.2) is 23.1 Å². The highest BCUT2D eigenvalue weighted by atomic mass is 35.5. The average Bonchev–Trinajstić information content (AvgIpc) is 2.43. The Morgan fingerprint density at radius 2 is 2.10 bits per heavy atom. The van der Waals surface area contributed by atoms with Gasteiger partial charge in [-0.2, -0.15) is 0 Å². The summed E-state index contributed by atoms with van der Waals surface area (Å²) in [7, 11) is 0. The van der Waals surface area contributed by atoms with E-state index in [1.807, 2.05) is 0 Å². The molecule has 0 saturated carbocycles. The number of carboxylic acids is 1. The predicted molar refractivity (Wildman–Crippen MR) is 79.7 cm³/mol. The van der Waals surface area contributed by atoms with Gasteiger partial charge < -0.3 is 9.67 Å². The van der Waals surface area contributed by atoms with Gasteiger partial charge in [0.2, 0.25) is 5.43 Å². The van der Waals surface area contributed by atoms with E-state index in [4.69, 9.17) is 16.7 Å². The van der Waals surface area contributed by atoms with Crippen LogP contribution < -0.4 is 5.43 Å². The van der Waals surface area contributed by atoms with Gasteiger partial charge in [-0.25, -0.2) is 9.18 Å². The Labute approximate surface area is 125 Å². The van der Waals surface area contributed by atoms with Crippen LogP contribution in [0, 0.1) is 5.82 Å². The topological polar surface area (TPSA) is 59.3 Å². The van der Waals surface area contributed by atoms with E-state index in [1.165, 1.54) is 12.3 Å². The fourth-order valence-corrected chi connectivity index (χ4v) is 2.41. The average molecular weight is 312 g/mol. The Bertz CT molecular complexity index is 755. The van der Waals surface area contributed by atoms with E-state index in [0.717, 1.165) is 25.3 Å². The summed E-state index contributed by atoms with van der Waals surface area (Å²) in [5, 5.41) is 9.06. The zero-order chi connectivity index (χ0) is 15.6. The number of hydrogen-bond donors (Lipinski definition) is 1. The summed E-state index contributed by atoms with van der Waals surface area (Å²) in [6.07, 6.45) is 4.13. The molecule has 0 amide bonds. The maximum atomic E-state index is 13.6. The molecule has 0 fully saturated rings. The van der Waals surface area contributed by atoms with Gasteiger partial charge in [-0.3, -0.25) is 4.79 Å². The van der Waals surface area contributed by atoms with E-state index < -0.39 is 17.2 Å². The Balaban J connectivity index is 2.69. The summed E-state index contributed by atoms with van der Waals surface area (Å²) in [5.74, 6) is -2.05. The number of hydrogen-bond acceptors (Lipinski definition) is 2. The molecule has 0 spiro atoms. The largest absolute Gasteiger partial charge is 0.477 e. The molecule has 1 aromatic carbocycles. The second kappa shape index (κ2) is 6.26. The molecule has 4 nitrogen and oxygen atoms in total. The van der Waals surface area contributed by atoms with Crippen LogP contribution in [0.3, 0.4) is 0 Å². The third-order valence-electron chi connectivity index (χ3n) is 3.36. The van der Waals surface area contributed by atoms with Crippen molar-refractivity contribution in [3.63, 3.8) is 0 Å².